The highest BCUT2D eigenvalue weighted by molar-refractivity contribution is 6.03. The number of anilines is 2. The lowest BCUT2D eigenvalue weighted by atomic mass is 9.84. The molecule has 0 aliphatic heterocycles. The quantitative estimate of drug-likeness (QED) is 0.300. The number of carbonyl (C=O) groups is 3. The van der Waals surface area contributed by atoms with Crippen LogP contribution in [0.25, 0.3) is 0 Å². The van der Waals surface area contributed by atoms with E-state index in [-0.39, 0.29) is 11.7 Å². The summed E-state index contributed by atoms with van der Waals surface area (Å²) in [5, 5.41) is 9.17. The van der Waals surface area contributed by atoms with E-state index in [0.717, 1.165) is 37.1 Å². The maximum absolute atomic E-state index is 13.6. The number of carboxylic acids is 1. The number of ketones is 1. The monoisotopic (exact) mass is 465 g/mol. The second kappa shape index (κ2) is 12.5. The fourth-order valence-electron chi connectivity index (χ4n) is 3.96. The number of aliphatic carboxylic acids is 1. The second-order valence-electron chi connectivity index (χ2n) is 10.3. The summed E-state index contributed by atoms with van der Waals surface area (Å²) >= 11 is 0. The molecule has 2 aromatic rings. The van der Waals surface area contributed by atoms with Gasteiger partial charge >= 0.3 is 5.97 Å². The summed E-state index contributed by atoms with van der Waals surface area (Å²) in [5.41, 5.74) is 0.368. The predicted molar refractivity (Wildman–Crippen MR) is 137 cm³/mol. The van der Waals surface area contributed by atoms with E-state index >= 15 is 0 Å². The first-order valence-electron chi connectivity index (χ1n) is 12.2. The third-order valence-electron chi connectivity index (χ3n) is 6.40. The standard InChI is InChI=1S/C29H39NO4/c1-28(2,21-13-11-19-25(31)20-12-14-22-29(3,4)27(33)34)26(32)30(23-15-7-5-8-16-23)24-17-9-6-10-18-24/h5-10,15-18H,11-14,19-22H2,1-4H3,(H,33,34). The first-order valence-corrected chi connectivity index (χ1v) is 12.2. The first-order chi connectivity index (χ1) is 16.0. The van der Waals surface area contributed by atoms with Crippen LogP contribution < -0.4 is 4.90 Å². The predicted octanol–water partition coefficient (Wildman–Crippen LogP) is 7.18. The highest BCUT2D eigenvalue weighted by Gasteiger charge is 2.33. The van der Waals surface area contributed by atoms with Crippen LogP contribution in [0.2, 0.25) is 0 Å². The molecule has 0 saturated heterocycles. The Morgan fingerprint density at radius 3 is 1.50 bits per heavy atom. The van der Waals surface area contributed by atoms with E-state index in [0.29, 0.717) is 25.7 Å². The molecule has 0 radical (unpaired) electrons. The number of amides is 1. The van der Waals surface area contributed by atoms with Gasteiger partial charge in [0.25, 0.3) is 0 Å². The molecule has 5 nitrogen and oxygen atoms in total. The van der Waals surface area contributed by atoms with E-state index in [1.54, 1.807) is 18.7 Å². The number of hydrogen-bond acceptors (Lipinski definition) is 3. The van der Waals surface area contributed by atoms with Crippen LogP contribution in [-0.4, -0.2) is 22.8 Å². The summed E-state index contributed by atoms with van der Waals surface area (Å²) in [5.74, 6) is -0.543. The molecule has 5 heteroatoms. The summed E-state index contributed by atoms with van der Waals surface area (Å²) < 4.78 is 0. The number of carboxylic acid groups (broad SMARTS) is 1. The number of unbranched alkanes of at least 4 members (excludes halogenated alkanes) is 2. The molecule has 0 atom stereocenters. The normalized spacial score (nSPS) is 11.8. The topological polar surface area (TPSA) is 74.7 Å². The molecule has 0 saturated carbocycles. The van der Waals surface area contributed by atoms with E-state index < -0.39 is 16.8 Å². The maximum atomic E-state index is 13.6. The van der Waals surface area contributed by atoms with E-state index in [1.807, 2.05) is 74.5 Å². The van der Waals surface area contributed by atoms with Crippen LogP contribution in [0, 0.1) is 10.8 Å². The van der Waals surface area contributed by atoms with Crippen molar-refractivity contribution in [2.75, 3.05) is 4.90 Å². The lowest BCUT2D eigenvalue weighted by Gasteiger charge is -2.32. The zero-order valence-electron chi connectivity index (χ0n) is 21.0. The van der Waals surface area contributed by atoms with Crippen molar-refractivity contribution in [2.45, 2.75) is 79.1 Å². The molecule has 0 unspecified atom stereocenters. The van der Waals surface area contributed by atoms with E-state index in [2.05, 4.69) is 0 Å². The lowest BCUT2D eigenvalue weighted by Crippen LogP contribution is -2.38. The zero-order chi connectivity index (χ0) is 25.2. The molecule has 0 heterocycles. The minimum Gasteiger partial charge on any atom is -0.481 e. The highest BCUT2D eigenvalue weighted by Crippen LogP contribution is 2.34. The Labute approximate surface area is 204 Å². The Morgan fingerprint density at radius 1 is 0.676 bits per heavy atom. The summed E-state index contributed by atoms with van der Waals surface area (Å²) in [6.45, 7) is 7.38. The molecule has 0 aliphatic carbocycles. The summed E-state index contributed by atoms with van der Waals surface area (Å²) in [6, 6.07) is 19.4. The van der Waals surface area contributed by atoms with E-state index in [9.17, 15) is 14.4 Å². The maximum Gasteiger partial charge on any atom is 0.309 e. The van der Waals surface area contributed by atoms with Crippen molar-refractivity contribution >= 4 is 29.0 Å². The van der Waals surface area contributed by atoms with Crippen LogP contribution in [0.4, 0.5) is 11.4 Å². The number of carbonyl (C=O) groups excluding carboxylic acids is 2. The van der Waals surface area contributed by atoms with Gasteiger partial charge < -0.3 is 5.11 Å². The molecule has 0 bridgehead atoms. The van der Waals surface area contributed by atoms with Crippen LogP contribution in [-0.2, 0) is 14.4 Å². The Hall–Kier alpha value is -2.95. The zero-order valence-corrected chi connectivity index (χ0v) is 21.0. The van der Waals surface area contributed by atoms with Gasteiger partial charge in [-0.3, -0.25) is 19.3 Å². The average molecular weight is 466 g/mol. The van der Waals surface area contributed by atoms with Gasteiger partial charge in [0.2, 0.25) is 5.91 Å². The minimum atomic E-state index is -0.797. The molecular formula is C29H39NO4. The van der Waals surface area contributed by atoms with Crippen LogP contribution in [0.15, 0.2) is 60.7 Å². The Bertz CT molecular complexity index is 896. The number of para-hydroxylation sites is 2. The average Bonchev–Trinajstić information content (AvgIpc) is 2.81. The van der Waals surface area contributed by atoms with E-state index in [1.165, 1.54) is 0 Å². The van der Waals surface area contributed by atoms with Gasteiger partial charge in [0.05, 0.1) is 5.41 Å². The van der Waals surface area contributed by atoms with Crippen LogP contribution in [0.3, 0.4) is 0 Å². The molecule has 0 aromatic heterocycles. The van der Waals surface area contributed by atoms with E-state index in [4.69, 9.17) is 5.11 Å². The van der Waals surface area contributed by atoms with Crippen molar-refractivity contribution in [2.24, 2.45) is 10.8 Å². The third-order valence-corrected chi connectivity index (χ3v) is 6.40. The van der Waals surface area contributed by atoms with Gasteiger partial charge in [-0.2, -0.15) is 0 Å². The third kappa shape index (κ3) is 8.12. The highest BCUT2D eigenvalue weighted by atomic mass is 16.4. The van der Waals surface area contributed by atoms with Crippen LogP contribution in [0.5, 0.6) is 0 Å². The first kappa shape index (κ1) is 27.3. The van der Waals surface area contributed by atoms with Gasteiger partial charge in [-0.1, -0.05) is 63.1 Å². The van der Waals surface area contributed by atoms with Crippen molar-refractivity contribution < 1.29 is 19.5 Å². The second-order valence-corrected chi connectivity index (χ2v) is 10.3. The van der Waals surface area contributed by atoms with Crippen LogP contribution in [0.1, 0.15) is 79.1 Å². The number of benzene rings is 2. The smallest absolute Gasteiger partial charge is 0.309 e. The van der Waals surface area contributed by atoms with Gasteiger partial charge in [0.15, 0.2) is 0 Å². The molecule has 1 N–H and O–H groups in total. The van der Waals surface area contributed by atoms with Crippen molar-refractivity contribution in [3.05, 3.63) is 60.7 Å². The number of rotatable bonds is 14. The fourth-order valence-corrected chi connectivity index (χ4v) is 3.96. The van der Waals surface area contributed by atoms with Crippen LogP contribution >= 0.6 is 0 Å². The number of nitrogens with zero attached hydrogens (tertiary/aromatic N) is 1. The minimum absolute atomic E-state index is 0.0391. The van der Waals surface area contributed by atoms with Gasteiger partial charge in [-0.15, -0.1) is 0 Å². The van der Waals surface area contributed by atoms with Crippen molar-refractivity contribution in [3.63, 3.8) is 0 Å². The SMILES string of the molecule is CC(C)(CCCCC(=O)CCCCC(C)(C)C(=O)N(c1ccccc1)c1ccccc1)C(=O)O. The van der Waals surface area contributed by atoms with Gasteiger partial charge in [-0.05, 0) is 63.8 Å². The Kier molecular flexibility index (Phi) is 10.0. The Morgan fingerprint density at radius 2 is 1.09 bits per heavy atom. The van der Waals surface area contributed by atoms with Gasteiger partial charge in [0.1, 0.15) is 5.78 Å². The molecule has 0 fully saturated rings. The molecule has 2 aromatic carbocycles. The Balaban J connectivity index is 1.85. The van der Waals surface area contributed by atoms with Gasteiger partial charge in [-0.25, -0.2) is 0 Å². The summed E-state index contributed by atoms with van der Waals surface area (Å²) in [4.78, 5) is 38.8. The van der Waals surface area contributed by atoms with Gasteiger partial charge in [0, 0.05) is 29.6 Å². The molecule has 1 amide bonds. The number of Topliss-reactive ketones (excluding diaryl/α,β-unsaturated/α-hetero) is 1. The summed E-state index contributed by atoms with van der Waals surface area (Å²) in [6.07, 6.45) is 5.29. The molecule has 34 heavy (non-hydrogen) atoms. The van der Waals surface area contributed by atoms with Crippen molar-refractivity contribution in [3.8, 4) is 0 Å². The molecule has 0 aliphatic rings. The fraction of sp³-hybridized carbons (Fsp3) is 0.483. The molecule has 0 spiro atoms. The number of hydrogen-bond donors (Lipinski definition) is 1. The molecule has 2 rings (SSSR count). The lowest BCUT2D eigenvalue weighted by molar-refractivity contribution is -0.147. The largest absolute Gasteiger partial charge is 0.481 e. The van der Waals surface area contributed by atoms with Crippen molar-refractivity contribution in [1.82, 2.24) is 0 Å². The molecule has 184 valence electrons. The molecular weight excluding hydrogens is 426 g/mol. The van der Waals surface area contributed by atoms with Crippen molar-refractivity contribution in [1.29, 1.82) is 0 Å². The summed E-state index contributed by atoms with van der Waals surface area (Å²) in [7, 11) is 0.